The summed E-state index contributed by atoms with van der Waals surface area (Å²) in [4.78, 5) is 9.16. The van der Waals surface area contributed by atoms with Crippen molar-refractivity contribution < 1.29 is 0 Å². The van der Waals surface area contributed by atoms with Crippen molar-refractivity contribution in [1.82, 2.24) is 19.1 Å². The lowest BCUT2D eigenvalue weighted by atomic mass is 10.2. The topological polar surface area (TPSA) is 35.6 Å². The standard InChI is InChI=1S/C27H24N4/c1-18-26-22(12-14-28-18)20-8-3-5-10-24(20)30(26)16-7-17-31-25-11-6-4-9-21(25)23-13-15-29-19(2)27(23)31/h3-6,8-15H,7,16-17H2,1-2H3. The molecule has 6 aromatic rings. The zero-order chi connectivity index (χ0) is 20.9. The Balaban J connectivity index is 1.44. The second kappa shape index (κ2) is 6.95. The number of para-hydroxylation sites is 2. The Kier molecular flexibility index (Phi) is 4.06. The molecule has 0 amide bonds. The summed E-state index contributed by atoms with van der Waals surface area (Å²) in [6, 6.07) is 21.7. The summed E-state index contributed by atoms with van der Waals surface area (Å²) in [5, 5.41) is 5.19. The minimum Gasteiger partial charge on any atom is -0.339 e. The van der Waals surface area contributed by atoms with Crippen molar-refractivity contribution in [1.29, 1.82) is 0 Å². The quantitative estimate of drug-likeness (QED) is 0.341. The average Bonchev–Trinajstić information content (AvgIpc) is 3.29. The van der Waals surface area contributed by atoms with E-state index in [1.165, 1.54) is 43.6 Å². The highest BCUT2D eigenvalue weighted by molar-refractivity contribution is 6.09. The van der Waals surface area contributed by atoms with Gasteiger partial charge in [0.1, 0.15) is 0 Å². The fraction of sp³-hybridized carbons (Fsp3) is 0.185. The zero-order valence-corrected chi connectivity index (χ0v) is 17.8. The minimum absolute atomic E-state index is 0.948. The number of hydrogen-bond donors (Lipinski definition) is 0. The highest BCUT2D eigenvalue weighted by Gasteiger charge is 2.15. The number of fused-ring (bicyclic) bond motifs is 6. The lowest BCUT2D eigenvalue weighted by molar-refractivity contribution is 0.601. The second-order valence-corrected chi connectivity index (χ2v) is 8.28. The second-order valence-electron chi connectivity index (χ2n) is 8.28. The fourth-order valence-electron chi connectivity index (χ4n) is 5.20. The van der Waals surface area contributed by atoms with Crippen LogP contribution in [0.5, 0.6) is 0 Å². The van der Waals surface area contributed by atoms with E-state index in [9.17, 15) is 0 Å². The van der Waals surface area contributed by atoms with Gasteiger partial charge in [-0.3, -0.25) is 9.97 Å². The monoisotopic (exact) mass is 404 g/mol. The van der Waals surface area contributed by atoms with Gasteiger partial charge in [0, 0.05) is 58.1 Å². The first-order chi connectivity index (χ1) is 15.2. The molecule has 152 valence electrons. The molecule has 0 bridgehead atoms. The van der Waals surface area contributed by atoms with Gasteiger partial charge in [-0.2, -0.15) is 0 Å². The Morgan fingerprint density at radius 2 is 1.03 bits per heavy atom. The van der Waals surface area contributed by atoms with Gasteiger partial charge < -0.3 is 9.13 Å². The van der Waals surface area contributed by atoms with Gasteiger partial charge in [-0.05, 0) is 44.5 Å². The summed E-state index contributed by atoms with van der Waals surface area (Å²) < 4.78 is 4.90. The number of aromatic nitrogens is 4. The summed E-state index contributed by atoms with van der Waals surface area (Å²) in [5.74, 6) is 0. The number of rotatable bonds is 4. The van der Waals surface area contributed by atoms with Crippen molar-refractivity contribution >= 4 is 43.6 Å². The van der Waals surface area contributed by atoms with Gasteiger partial charge in [0.05, 0.1) is 22.4 Å². The summed E-state index contributed by atoms with van der Waals surface area (Å²) in [7, 11) is 0. The van der Waals surface area contributed by atoms with Gasteiger partial charge in [0.2, 0.25) is 0 Å². The molecule has 6 rings (SSSR count). The van der Waals surface area contributed by atoms with E-state index in [0.29, 0.717) is 0 Å². The van der Waals surface area contributed by atoms with Crippen LogP contribution in [-0.4, -0.2) is 19.1 Å². The third-order valence-corrected chi connectivity index (χ3v) is 6.49. The Morgan fingerprint density at radius 3 is 1.52 bits per heavy atom. The normalized spacial score (nSPS) is 11.9. The molecule has 31 heavy (non-hydrogen) atoms. The van der Waals surface area contributed by atoms with Gasteiger partial charge in [-0.25, -0.2) is 0 Å². The van der Waals surface area contributed by atoms with E-state index in [1.54, 1.807) is 0 Å². The van der Waals surface area contributed by atoms with E-state index >= 15 is 0 Å². The Hall–Kier alpha value is -3.66. The first-order valence-corrected chi connectivity index (χ1v) is 10.9. The van der Waals surface area contributed by atoms with Crippen LogP contribution in [-0.2, 0) is 13.1 Å². The lowest BCUT2D eigenvalue weighted by Gasteiger charge is -2.12. The molecule has 2 aromatic carbocycles. The molecule has 0 aliphatic carbocycles. The van der Waals surface area contributed by atoms with E-state index < -0.39 is 0 Å². The summed E-state index contributed by atoms with van der Waals surface area (Å²) in [6.45, 7) is 6.12. The fourth-order valence-corrected chi connectivity index (χ4v) is 5.20. The van der Waals surface area contributed by atoms with Gasteiger partial charge >= 0.3 is 0 Å². The van der Waals surface area contributed by atoms with Crippen molar-refractivity contribution in [2.24, 2.45) is 0 Å². The van der Waals surface area contributed by atoms with E-state index in [2.05, 4.69) is 93.6 Å². The van der Waals surface area contributed by atoms with Crippen LogP contribution in [0, 0.1) is 13.8 Å². The molecular weight excluding hydrogens is 380 g/mol. The van der Waals surface area contributed by atoms with E-state index in [-0.39, 0.29) is 0 Å². The zero-order valence-electron chi connectivity index (χ0n) is 17.8. The number of pyridine rings is 2. The Bertz CT molecular complexity index is 1470. The largest absolute Gasteiger partial charge is 0.339 e. The van der Waals surface area contributed by atoms with Crippen LogP contribution in [0.4, 0.5) is 0 Å². The molecule has 0 spiro atoms. The maximum Gasteiger partial charge on any atom is 0.0707 e. The molecule has 0 N–H and O–H groups in total. The minimum atomic E-state index is 0.948. The predicted octanol–water partition coefficient (Wildman–Crippen LogP) is 6.40. The molecule has 0 saturated carbocycles. The molecule has 0 aliphatic heterocycles. The molecular formula is C27H24N4. The van der Waals surface area contributed by atoms with E-state index in [4.69, 9.17) is 0 Å². The van der Waals surface area contributed by atoms with Crippen LogP contribution < -0.4 is 0 Å². The molecule has 4 aromatic heterocycles. The van der Waals surface area contributed by atoms with Gasteiger partial charge in [-0.1, -0.05) is 36.4 Å². The molecule has 0 aliphatic rings. The van der Waals surface area contributed by atoms with Crippen molar-refractivity contribution in [3.63, 3.8) is 0 Å². The highest BCUT2D eigenvalue weighted by Crippen LogP contribution is 2.32. The van der Waals surface area contributed by atoms with Gasteiger partial charge in [0.25, 0.3) is 0 Å². The smallest absolute Gasteiger partial charge is 0.0707 e. The number of aryl methyl sites for hydroxylation is 4. The number of hydrogen-bond acceptors (Lipinski definition) is 2. The van der Waals surface area contributed by atoms with Crippen molar-refractivity contribution in [2.45, 2.75) is 33.4 Å². The third kappa shape index (κ3) is 2.68. The lowest BCUT2D eigenvalue weighted by Crippen LogP contribution is -2.05. The molecule has 0 radical (unpaired) electrons. The van der Waals surface area contributed by atoms with Gasteiger partial charge in [-0.15, -0.1) is 0 Å². The summed E-state index contributed by atoms with van der Waals surface area (Å²) >= 11 is 0. The maximum absolute atomic E-state index is 4.58. The van der Waals surface area contributed by atoms with E-state index in [1.807, 2.05) is 12.4 Å². The SMILES string of the molecule is Cc1nccc2c3ccccc3n(CCCn3c4ccccc4c4ccnc(C)c43)c12. The van der Waals surface area contributed by atoms with E-state index in [0.717, 1.165) is 30.9 Å². The summed E-state index contributed by atoms with van der Waals surface area (Å²) in [6.07, 6.45) is 4.87. The van der Waals surface area contributed by atoms with Crippen LogP contribution in [0.3, 0.4) is 0 Å². The first kappa shape index (κ1) is 18.1. The Labute approximate surface area is 180 Å². The van der Waals surface area contributed by atoms with Crippen LogP contribution in [0.2, 0.25) is 0 Å². The van der Waals surface area contributed by atoms with Crippen LogP contribution in [0.25, 0.3) is 43.6 Å². The van der Waals surface area contributed by atoms with Crippen LogP contribution in [0.15, 0.2) is 73.1 Å². The highest BCUT2D eigenvalue weighted by atomic mass is 15.0. The third-order valence-electron chi connectivity index (χ3n) is 6.49. The molecule has 0 saturated heterocycles. The van der Waals surface area contributed by atoms with Crippen LogP contribution >= 0.6 is 0 Å². The maximum atomic E-state index is 4.58. The molecule has 4 nitrogen and oxygen atoms in total. The molecule has 0 atom stereocenters. The van der Waals surface area contributed by atoms with Crippen molar-refractivity contribution in [3.8, 4) is 0 Å². The molecule has 4 heterocycles. The summed E-state index contributed by atoms with van der Waals surface area (Å²) in [5.41, 5.74) is 7.26. The molecule has 0 fully saturated rings. The van der Waals surface area contributed by atoms with Crippen molar-refractivity contribution in [2.75, 3.05) is 0 Å². The average molecular weight is 405 g/mol. The first-order valence-electron chi connectivity index (χ1n) is 10.9. The number of benzene rings is 2. The van der Waals surface area contributed by atoms with Gasteiger partial charge in [0.15, 0.2) is 0 Å². The van der Waals surface area contributed by atoms with Crippen molar-refractivity contribution in [3.05, 3.63) is 84.4 Å². The predicted molar refractivity (Wildman–Crippen MR) is 129 cm³/mol. The van der Waals surface area contributed by atoms with Crippen LogP contribution in [0.1, 0.15) is 17.8 Å². The molecule has 0 unspecified atom stereocenters. The molecule has 4 heteroatoms. The Morgan fingerprint density at radius 1 is 0.581 bits per heavy atom. The number of nitrogens with zero attached hydrogens (tertiary/aromatic N) is 4.